The Morgan fingerprint density at radius 2 is 1.83 bits per heavy atom. The lowest BCUT2D eigenvalue weighted by Gasteiger charge is -2.05. The average molecular weight is 243 g/mol. The fraction of sp³-hybridized carbons (Fsp3) is 0.286. The molecule has 4 heteroatoms. The van der Waals surface area contributed by atoms with Crippen LogP contribution in [0.5, 0.6) is 11.6 Å². The Balaban J connectivity index is 1.99. The summed E-state index contributed by atoms with van der Waals surface area (Å²) in [6.45, 7) is 2.19. The fourth-order valence-corrected chi connectivity index (χ4v) is 1.61. The summed E-state index contributed by atoms with van der Waals surface area (Å²) in [6.07, 6.45) is 3.53. The Bertz CT molecular complexity index is 479. The van der Waals surface area contributed by atoms with E-state index in [1.54, 1.807) is 12.1 Å². The number of nitrogens with zero attached hydrogens (tertiary/aromatic N) is 2. The lowest BCUT2D eigenvalue weighted by Crippen LogP contribution is -1.95. The number of ether oxygens (including phenoxy) is 1. The van der Waals surface area contributed by atoms with Gasteiger partial charge in [0, 0.05) is 6.07 Å². The van der Waals surface area contributed by atoms with Gasteiger partial charge in [0.2, 0.25) is 5.88 Å². The smallest absolute Gasteiger partial charge is 0.238 e. The summed E-state index contributed by atoms with van der Waals surface area (Å²) >= 11 is 0. The van der Waals surface area contributed by atoms with E-state index in [2.05, 4.69) is 29.3 Å². The maximum Gasteiger partial charge on any atom is 0.238 e. The van der Waals surface area contributed by atoms with E-state index < -0.39 is 0 Å². The molecule has 0 aliphatic heterocycles. The third kappa shape index (κ3) is 3.45. The van der Waals surface area contributed by atoms with Gasteiger partial charge in [-0.3, -0.25) is 0 Å². The lowest BCUT2D eigenvalue weighted by atomic mass is 10.1. The van der Waals surface area contributed by atoms with Crippen LogP contribution in [0.25, 0.3) is 0 Å². The zero-order valence-corrected chi connectivity index (χ0v) is 10.5. The van der Waals surface area contributed by atoms with E-state index in [4.69, 9.17) is 10.5 Å². The quantitative estimate of drug-likeness (QED) is 0.876. The van der Waals surface area contributed by atoms with Crippen LogP contribution in [0.2, 0.25) is 0 Å². The molecule has 0 unspecified atom stereocenters. The van der Waals surface area contributed by atoms with E-state index in [9.17, 15) is 0 Å². The van der Waals surface area contributed by atoms with Crippen LogP contribution in [0.15, 0.2) is 36.4 Å². The largest absolute Gasteiger partial charge is 0.438 e. The fourth-order valence-electron chi connectivity index (χ4n) is 1.61. The van der Waals surface area contributed by atoms with Gasteiger partial charge in [-0.05, 0) is 36.6 Å². The normalized spacial score (nSPS) is 10.3. The molecule has 0 amide bonds. The number of unbranched alkanes of at least 4 members (excludes halogenated alkanes) is 1. The molecule has 0 aliphatic carbocycles. The second kappa shape index (κ2) is 6.00. The molecule has 2 aromatic rings. The zero-order chi connectivity index (χ0) is 12.8. The summed E-state index contributed by atoms with van der Waals surface area (Å²) in [7, 11) is 0. The van der Waals surface area contributed by atoms with Crippen molar-refractivity contribution in [1.29, 1.82) is 0 Å². The van der Waals surface area contributed by atoms with Crippen LogP contribution < -0.4 is 10.5 Å². The third-order valence-corrected chi connectivity index (χ3v) is 2.63. The van der Waals surface area contributed by atoms with E-state index >= 15 is 0 Å². The summed E-state index contributed by atoms with van der Waals surface area (Å²) in [4.78, 5) is 0. The topological polar surface area (TPSA) is 61.0 Å². The van der Waals surface area contributed by atoms with Crippen molar-refractivity contribution in [2.45, 2.75) is 26.2 Å². The minimum Gasteiger partial charge on any atom is -0.438 e. The lowest BCUT2D eigenvalue weighted by molar-refractivity contribution is 0.455. The third-order valence-electron chi connectivity index (χ3n) is 2.63. The summed E-state index contributed by atoms with van der Waals surface area (Å²) < 4.78 is 5.56. The number of benzene rings is 1. The predicted molar refractivity (Wildman–Crippen MR) is 71.6 cm³/mol. The molecule has 0 aliphatic rings. The molecule has 18 heavy (non-hydrogen) atoms. The molecule has 0 saturated carbocycles. The van der Waals surface area contributed by atoms with Crippen LogP contribution in [-0.2, 0) is 6.42 Å². The van der Waals surface area contributed by atoms with Crippen molar-refractivity contribution in [1.82, 2.24) is 10.2 Å². The first-order chi connectivity index (χ1) is 8.78. The molecule has 4 nitrogen and oxygen atoms in total. The summed E-state index contributed by atoms with van der Waals surface area (Å²) in [5, 5.41) is 7.58. The van der Waals surface area contributed by atoms with E-state index in [0.717, 1.165) is 12.2 Å². The van der Waals surface area contributed by atoms with E-state index in [1.807, 2.05) is 12.1 Å². The molecule has 94 valence electrons. The van der Waals surface area contributed by atoms with E-state index in [-0.39, 0.29) is 0 Å². The Morgan fingerprint density at radius 3 is 2.44 bits per heavy atom. The van der Waals surface area contributed by atoms with Gasteiger partial charge in [0.1, 0.15) is 11.6 Å². The first-order valence-corrected chi connectivity index (χ1v) is 6.14. The maximum absolute atomic E-state index is 5.56. The minimum atomic E-state index is 0.386. The van der Waals surface area contributed by atoms with Crippen molar-refractivity contribution in [3.8, 4) is 11.6 Å². The molecule has 1 aromatic carbocycles. The predicted octanol–water partition coefficient (Wildman–Crippen LogP) is 3.19. The Kier molecular flexibility index (Phi) is 4.12. The van der Waals surface area contributed by atoms with Gasteiger partial charge in [-0.25, -0.2) is 0 Å². The van der Waals surface area contributed by atoms with Crippen LogP contribution in [0.4, 0.5) is 5.82 Å². The number of aromatic nitrogens is 2. The Morgan fingerprint density at radius 1 is 1.06 bits per heavy atom. The summed E-state index contributed by atoms with van der Waals surface area (Å²) in [5.74, 6) is 1.59. The molecule has 2 N–H and O–H groups in total. The SMILES string of the molecule is CCCCc1ccc(Oc2ccc(N)nn2)cc1. The van der Waals surface area contributed by atoms with E-state index in [0.29, 0.717) is 11.7 Å². The van der Waals surface area contributed by atoms with Crippen molar-refractivity contribution in [3.05, 3.63) is 42.0 Å². The van der Waals surface area contributed by atoms with Gasteiger partial charge in [-0.2, -0.15) is 0 Å². The minimum absolute atomic E-state index is 0.386. The Hall–Kier alpha value is -2.10. The van der Waals surface area contributed by atoms with Crippen LogP contribution in [0.3, 0.4) is 0 Å². The number of aryl methyl sites for hydroxylation is 1. The van der Waals surface area contributed by atoms with Crippen molar-refractivity contribution in [3.63, 3.8) is 0 Å². The number of nitrogens with two attached hydrogens (primary N) is 1. The monoisotopic (exact) mass is 243 g/mol. The highest BCUT2D eigenvalue weighted by atomic mass is 16.5. The molecule has 0 saturated heterocycles. The number of nitrogen functional groups attached to an aromatic ring is 1. The number of hydrogen-bond donors (Lipinski definition) is 1. The number of anilines is 1. The van der Waals surface area contributed by atoms with E-state index in [1.165, 1.54) is 18.4 Å². The molecule has 0 atom stereocenters. The number of rotatable bonds is 5. The maximum atomic E-state index is 5.56. The molecule has 1 heterocycles. The average Bonchev–Trinajstić information content (AvgIpc) is 2.41. The molecule has 0 radical (unpaired) electrons. The van der Waals surface area contributed by atoms with Crippen LogP contribution in [0, 0.1) is 0 Å². The molecule has 1 aromatic heterocycles. The van der Waals surface area contributed by atoms with Gasteiger partial charge in [0.15, 0.2) is 0 Å². The molecule has 0 spiro atoms. The first kappa shape index (κ1) is 12.4. The van der Waals surface area contributed by atoms with Crippen LogP contribution >= 0.6 is 0 Å². The van der Waals surface area contributed by atoms with Gasteiger partial charge in [-0.15, -0.1) is 10.2 Å². The van der Waals surface area contributed by atoms with Crippen molar-refractivity contribution in [2.24, 2.45) is 0 Å². The second-order valence-electron chi connectivity index (χ2n) is 4.15. The Labute approximate surface area is 107 Å². The van der Waals surface area contributed by atoms with Gasteiger partial charge in [0.25, 0.3) is 0 Å². The molecular formula is C14H17N3O. The van der Waals surface area contributed by atoms with Crippen LogP contribution in [-0.4, -0.2) is 10.2 Å². The highest BCUT2D eigenvalue weighted by Crippen LogP contribution is 2.20. The van der Waals surface area contributed by atoms with Gasteiger partial charge in [0.05, 0.1) is 0 Å². The zero-order valence-electron chi connectivity index (χ0n) is 10.5. The highest BCUT2D eigenvalue weighted by Gasteiger charge is 1.99. The van der Waals surface area contributed by atoms with Crippen LogP contribution in [0.1, 0.15) is 25.3 Å². The van der Waals surface area contributed by atoms with Gasteiger partial charge >= 0.3 is 0 Å². The molecular weight excluding hydrogens is 226 g/mol. The molecule has 2 rings (SSSR count). The molecule has 0 fully saturated rings. The van der Waals surface area contributed by atoms with Gasteiger partial charge in [-0.1, -0.05) is 25.5 Å². The summed E-state index contributed by atoms with van der Waals surface area (Å²) in [5.41, 5.74) is 6.78. The van der Waals surface area contributed by atoms with Gasteiger partial charge < -0.3 is 10.5 Å². The van der Waals surface area contributed by atoms with Crippen molar-refractivity contribution >= 4 is 5.82 Å². The standard InChI is InChI=1S/C14H17N3O/c1-2-3-4-11-5-7-12(8-6-11)18-14-10-9-13(15)16-17-14/h5-10H,2-4H2,1H3,(H2,15,16). The summed E-state index contributed by atoms with van der Waals surface area (Å²) in [6, 6.07) is 11.4. The van der Waals surface area contributed by atoms with Crippen molar-refractivity contribution < 1.29 is 4.74 Å². The highest BCUT2D eigenvalue weighted by molar-refractivity contribution is 5.32. The van der Waals surface area contributed by atoms with Crippen molar-refractivity contribution in [2.75, 3.05) is 5.73 Å². The second-order valence-corrected chi connectivity index (χ2v) is 4.15. The number of hydrogen-bond acceptors (Lipinski definition) is 4. The first-order valence-electron chi connectivity index (χ1n) is 6.14. The molecule has 0 bridgehead atoms.